The van der Waals surface area contributed by atoms with E-state index in [0.717, 1.165) is 33.5 Å². The highest BCUT2D eigenvalue weighted by molar-refractivity contribution is 5.82. The number of furan rings is 1. The van der Waals surface area contributed by atoms with E-state index in [0.29, 0.717) is 6.54 Å². The number of aryl methyl sites for hydroxylation is 1. The van der Waals surface area contributed by atoms with Crippen molar-refractivity contribution in [2.45, 2.75) is 20.1 Å². The molecule has 0 radical (unpaired) electrons. The van der Waals surface area contributed by atoms with Crippen LogP contribution in [0.2, 0.25) is 0 Å². The standard InChI is InChI=1S/C17H17NO2/c1-12-15(14-7-3-5-9-17(14)20-12)10-18-16-8-4-2-6-13(16)11-19/h2-9,18-19H,10-11H2,1H3. The molecule has 2 N–H and O–H groups in total. The highest BCUT2D eigenvalue weighted by atomic mass is 16.3. The number of fused-ring (bicyclic) bond motifs is 1. The molecule has 3 nitrogen and oxygen atoms in total. The molecule has 0 bridgehead atoms. The van der Waals surface area contributed by atoms with E-state index in [1.54, 1.807) is 0 Å². The van der Waals surface area contributed by atoms with Gasteiger partial charge in [-0.3, -0.25) is 0 Å². The Morgan fingerprint density at radius 1 is 1.05 bits per heavy atom. The lowest BCUT2D eigenvalue weighted by atomic mass is 10.1. The fourth-order valence-corrected chi connectivity index (χ4v) is 2.46. The van der Waals surface area contributed by atoms with Crippen LogP contribution in [-0.4, -0.2) is 5.11 Å². The van der Waals surface area contributed by atoms with E-state index in [4.69, 9.17) is 4.42 Å². The highest BCUT2D eigenvalue weighted by Crippen LogP contribution is 2.26. The van der Waals surface area contributed by atoms with Crippen LogP contribution >= 0.6 is 0 Å². The molecule has 0 aliphatic carbocycles. The van der Waals surface area contributed by atoms with Crippen LogP contribution in [0.15, 0.2) is 52.9 Å². The van der Waals surface area contributed by atoms with Crippen LogP contribution in [0.3, 0.4) is 0 Å². The summed E-state index contributed by atoms with van der Waals surface area (Å²) in [5.74, 6) is 0.931. The quantitative estimate of drug-likeness (QED) is 0.754. The van der Waals surface area contributed by atoms with Crippen LogP contribution in [0.25, 0.3) is 11.0 Å². The Hall–Kier alpha value is -2.26. The van der Waals surface area contributed by atoms with Crippen molar-refractivity contribution in [3.05, 3.63) is 65.4 Å². The Morgan fingerprint density at radius 3 is 2.65 bits per heavy atom. The number of anilines is 1. The zero-order valence-electron chi connectivity index (χ0n) is 11.4. The molecule has 3 rings (SSSR count). The van der Waals surface area contributed by atoms with Gasteiger partial charge in [0.05, 0.1) is 6.61 Å². The molecule has 1 heterocycles. The summed E-state index contributed by atoms with van der Waals surface area (Å²) in [5, 5.41) is 13.9. The van der Waals surface area contributed by atoms with Crippen LogP contribution in [0.1, 0.15) is 16.9 Å². The van der Waals surface area contributed by atoms with Crippen molar-refractivity contribution in [3.63, 3.8) is 0 Å². The highest BCUT2D eigenvalue weighted by Gasteiger charge is 2.10. The average Bonchev–Trinajstić information content (AvgIpc) is 2.81. The summed E-state index contributed by atoms with van der Waals surface area (Å²) in [6.45, 7) is 2.70. The minimum atomic E-state index is 0.0360. The van der Waals surface area contributed by atoms with Crippen molar-refractivity contribution in [3.8, 4) is 0 Å². The summed E-state index contributed by atoms with van der Waals surface area (Å²) in [4.78, 5) is 0. The third-order valence-electron chi connectivity index (χ3n) is 3.54. The fourth-order valence-electron chi connectivity index (χ4n) is 2.46. The van der Waals surface area contributed by atoms with E-state index in [1.807, 2.05) is 49.4 Å². The van der Waals surface area contributed by atoms with E-state index >= 15 is 0 Å². The summed E-state index contributed by atoms with van der Waals surface area (Å²) < 4.78 is 5.75. The second-order valence-electron chi connectivity index (χ2n) is 4.80. The van der Waals surface area contributed by atoms with Crippen LogP contribution in [0.5, 0.6) is 0 Å². The average molecular weight is 267 g/mol. The predicted octanol–water partition coefficient (Wildman–Crippen LogP) is 3.85. The molecule has 0 aliphatic heterocycles. The maximum atomic E-state index is 9.34. The number of hydrogen-bond donors (Lipinski definition) is 2. The van der Waals surface area contributed by atoms with Crippen molar-refractivity contribution in [2.24, 2.45) is 0 Å². The molecule has 0 aliphatic rings. The van der Waals surface area contributed by atoms with Gasteiger partial charge in [0.25, 0.3) is 0 Å². The van der Waals surface area contributed by atoms with Gasteiger partial charge in [0.15, 0.2) is 0 Å². The van der Waals surface area contributed by atoms with Gasteiger partial charge in [-0.1, -0.05) is 36.4 Å². The van der Waals surface area contributed by atoms with Gasteiger partial charge in [0.2, 0.25) is 0 Å². The molecule has 0 atom stereocenters. The zero-order valence-corrected chi connectivity index (χ0v) is 11.4. The van der Waals surface area contributed by atoms with Gasteiger partial charge >= 0.3 is 0 Å². The van der Waals surface area contributed by atoms with Gasteiger partial charge in [0.1, 0.15) is 11.3 Å². The molecule has 0 amide bonds. The van der Waals surface area contributed by atoms with Gasteiger partial charge in [-0.15, -0.1) is 0 Å². The van der Waals surface area contributed by atoms with Crippen LogP contribution in [0.4, 0.5) is 5.69 Å². The number of aliphatic hydroxyl groups excluding tert-OH is 1. The molecule has 1 aromatic heterocycles. The Labute approximate surface area is 117 Å². The smallest absolute Gasteiger partial charge is 0.134 e. The molecular formula is C17H17NO2. The largest absolute Gasteiger partial charge is 0.461 e. The molecule has 0 unspecified atom stereocenters. The summed E-state index contributed by atoms with van der Waals surface area (Å²) in [7, 11) is 0. The third-order valence-corrected chi connectivity index (χ3v) is 3.54. The molecular weight excluding hydrogens is 250 g/mol. The van der Waals surface area contributed by atoms with Crippen molar-refractivity contribution >= 4 is 16.7 Å². The van der Waals surface area contributed by atoms with Crippen molar-refractivity contribution in [1.82, 2.24) is 0 Å². The lowest BCUT2D eigenvalue weighted by Gasteiger charge is -2.10. The first-order valence-corrected chi connectivity index (χ1v) is 6.69. The maximum absolute atomic E-state index is 9.34. The summed E-state index contributed by atoms with van der Waals surface area (Å²) in [6, 6.07) is 15.8. The minimum absolute atomic E-state index is 0.0360. The first kappa shape index (κ1) is 12.8. The van der Waals surface area contributed by atoms with E-state index < -0.39 is 0 Å². The van der Waals surface area contributed by atoms with Gasteiger partial charge in [-0.2, -0.15) is 0 Å². The molecule has 0 fully saturated rings. The molecule has 2 aromatic carbocycles. The molecule has 20 heavy (non-hydrogen) atoms. The molecule has 0 saturated carbocycles. The van der Waals surface area contributed by atoms with Gasteiger partial charge in [0, 0.05) is 28.7 Å². The lowest BCUT2D eigenvalue weighted by Crippen LogP contribution is -2.02. The van der Waals surface area contributed by atoms with E-state index in [1.165, 1.54) is 0 Å². The summed E-state index contributed by atoms with van der Waals surface area (Å²) >= 11 is 0. The van der Waals surface area contributed by atoms with Gasteiger partial charge in [-0.05, 0) is 19.1 Å². The first-order chi connectivity index (χ1) is 9.79. The Kier molecular flexibility index (Phi) is 3.44. The second kappa shape index (κ2) is 5.39. The van der Waals surface area contributed by atoms with Crippen molar-refractivity contribution in [1.29, 1.82) is 0 Å². The number of para-hydroxylation sites is 2. The normalized spacial score (nSPS) is 10.9. The third kappa shape index (κ3) is 2.28. The monoisotopic (exact) mass is 267 g/mol. The van der Waals surface area contributed by atoms with E-state index in [9.17, 15) is 5.11 Å². The second-order valence-corrected chi connectivity index (χ2v) is 4.80. The number of rotatable bonds is 4. The van der Waals surface area contributed by atoms with Gasteiger partial charge in [-0.25, -0.2) is 0 Å². The number of aliphatic hydroxyl groups is 1. The maximum Gasteiger partial charge on any atom is 0.134 e. The number of benzene rings is 2. The van der Waals surface area contributed by atoms with Crippen molar-refractivity contribution in [2.75, 3.05) is 5.32 Å². The number of nitrogens with one attached hydrogen (secondary N) is 1. The Balaban J connectivity index is 1.89. The van der Waals surface area contributed by atoms with Crippen LogP contribution in [-0.2, 0) is 13.2 Å². The minimum Gasteiger partial charge on any atom is -0.461 e. The Morgan fingerprint density at radius 2 is 1.80 bits per heavy atom. The summed E-state index contributed by atoms with van der Waals surface area (Å²) in [6.07, 6.45) is 0. The van der Waals surface area contributed by atoms with Gasteiger partial charge < -0.3 is 14.8 Å². The molecule has 102 valence electrons. The van der Waals surface area contributed by atoms with Crippen molar-refractivity contribution < 1.29 is 9.52 Å². The Bertz CT molecular complexity index is 731. The zero-order chi connectivity index (χ0) is 13.9. The molecule has 0 saturated heterocycles. The first-order valence-electron chi connectivity index (χ1n) is 6.69. The SMILES string of the molecule is Cc1oc2ccccc2c1CNc1ccccc1CO. The molecule has 0 spiro atoms. The molecule has 3 heteroatoms. The topological polar surface area (TPSA) is 45.4 Å². The van der Waals surface area contributed by atoms with Crippen LogP contribution in [0, 0.1) is 6.92 Å². The van der Waals surface area contributed by atoms with E-state index in [-0.39, 0.29) is 6.61 Å². The summed E-state index contributed by atoms with van der Waals surface area (Å²) in [5.41, 5.74) is 3.93. The lowest BCUT2D eigenvalue weighted by molar-refractivity contribution is 0.282. The fraction of sp³-hybridized carbons (Fsp3) is 0.176. The predicted molar refractivity (Wildman–Crippen MR) is 80.6 cm³/mol. The van der Waals surface area contributed by atoms with E-state index in [2.05, 4.69) is 11.4 Å². The number of hydrogen-bond acceptors (Lipinski definition) is 3. The van der Waals surface area contributed by atoms with Crippen LogP contribution < -0.4 is 5.32 Å². The molecule has 3 aromatic rings.